The predicted octanol–water partition coefficient (Wildman–Crippen LogP) is -1.11. The second kappa shape index (κ2) is 7.12. The van der Waals surface area contributed by atoms with E-state index in [1.165, 1.54) is 13.3 Å². The second-order valence-electron chi connectivity index (χ2n) is 5.78. The zero-order chi connectivity index (χ0) is 18.2. The second-order valence-corrected chi connectivity index (χ2v) is 7.23. The molecule has 11 nitrogen and oxygen atoms in total. The molecule has 5 atom stereocenters. The molecule has 0 aliphatic carbocycles. The quantitative estimate of drug-likeness (QED) is 0.517. The Morgan fingerprint density at radius 2 is 2.16 bits per heavy atom. The Kier molecular flexibility index (Phi) is 5.26. The first kappa shape index (κ1) is 18.5. The summed E-state index contributed by atoms with van der Waals surface area (Å²) < 4.78 is 33.4. The maximum atomic E-state index is 12.2. The van der Waals surface area contributed by atoms with Gasteiger partial charge in [0, 0.05) is 18.9 Å². The summed E-state index contributed by atoms with van der Waals surface area (Å²) in [6, 6.07) is 0. The van der Waals surface area contributed by atoms with Crippen molar-refractivity contribution < 1.29 is 33.1 Å². The molecular weight excluding hydrogens is 359 g/mol. The highest BCUT2D eigenvalue weighted by atomic mass is 31.2. The van der Waals surface area contributed by atoms with Gasteiger partial charge in [-0.15, -0.1) is 0 Å². The number of nitrogens with one attached hydrogen (secondary N) is 1. The van der Waals surface area contributed by atoms with Gasteiger partial charge in [0.05, 0.1) is 13.2 Å². The van der Waals surface area contributed by atoms with E-state index in [1.807, 2.05) is 0 Å². The molecular formula is C13H19N2O9P. The van der Waals surface area contributed by atoms with Crippen LogP contribution in [-0.4, -0.2) is 58.2 Å². The Labute approximate surface area is 141 Å². The van der Waals surface area contributed by atoms with Crippen LogP contribution in [0.2, 0.25) is 0 Å². The zero-order valence-electron chi connectivity index (χ0n) is 13.4. The van der Waals surface area contributed by atoms with E-state index in [0.717, 1.165) is 4.57 Å². The Morgan fingerprint density at radius 1 is 1.40 bits per heavy atom. The van der Waals surface area contributed by atoms with Crippen LogP contribution in [-0.2, 0) is 29.5 Å². The lowest BCUT2D eigenvalue weighted by atomic mass is 10.1. The number of phosphoric ester groups is 1. The molecule has 3 heterocycles. The van der Waals surface area contributed by atoms with Crippen LogP contribution in [0, 0.1) is 0 Å². The molecule has 0 radical (unpaired) electrons. The van der Waals surface area contributed by atoms with Crippen molar-refractivity contribution in [3.63, 3.8) is 0 Å². The summed E-state index contributed by atoms with van der Waals surface area (Å²) in [4.78, 5) is 35.9. The molecule has 1 saturated heterocycles. The number of ether oxygens (including phenoxy) is 2. The Balaban J connectivity index is 2.03. The van der Waals surface area contributed by atoms with Crippen LogP contribution in [0.3, 0.4) is 0 Å². The molecule has 25 heavy (non-hydrogen) atoms. The van der Waals surface area contributed by atoms with Crippen LogP contribution in [0.4, 0.5) is 0 Å². The molecule has 2 aliphatic heterocycles. The molecule has 2 aliphatic rings. The van der Waals surface area contributed by atoms with Crippen LogP contribution in [0.5, 0.6) is 0 Å². The molecule has 0 spiro atoms. The maximum absolute atomic E-state index is 12.2. The van der Waals surface area contributed by atoms with Crippen LogP contribution in [0.1, 0.15) is 18.2 Å². The van der Waals surface area contributed by atoms with Crippen LogP contribution < -0.4 is 11.2 Å². The largest absolute Gasteiger partial charge is 0.472 e. The topological polar surface area (TPSA) is 149 Å². The first-order chi connectivity index (χ1) is 11.8. The van der Waals surface area contributed by atoms with Crippen molar-refractivity contribution in [2.45, 2.75) is 37.4 Å². The van der Waals surface area contributed by atoms with Gasteiger partial charge in [0.2, 0.25) is 0 Å². The van der Waals surface area contributed by atoms with E-state index >= 15 is 0 Å². The van der Waals surface area contributed by atoms with E-state index in [0.29, 0.717) is 0 Å². The molecule has 1 unspecified atom stereocenters. The van der Waals surface area contributed by atoms with E-state index in [-0.39, 0.29) is 25.0 Å². The van der Waals surface area contributed by atoms with E-state index in [1.54, 1.807) is 0 Å². The summed E-state index contributed by atoms with van der Waals surface area (Å²) in [5, 5.41) is 10.3. The van der Waals surface area contributed by atoms with Gasteiger partial charge >= 0.3 is 13.5 Å². The Hall–Kier alpha value is -1.33. The molecule has 140 valence electrons. The summed E-state index contributed by atoms with van der Waals surface area (Å²) in [6.07, 6.45) is -2.41. The van der Waals surface area contributed by atoms with Gasteiger partial charge < -0.3 is 19.5 Å². The van der Waals surface area contributed by atoms with E-state index in [9.17, 15) is 24.2 Å². The van der Waals surface area contributed by atoms with Gasteiger partial charge in [0.25, 0.3) is 5.56 Å². The van der Waals surface area contributed by atoms with Crippen molar-refractivity contribution in [1.82, 2.24) is 9.55 Å². The highest BCUT2D eigenvalue weighted by Gasteiger charge is 2.46. The SMILES string of the molecule is CO[C@@H]1[C@H](O)[C@H]2COP(=O)(O)OCCCc3cn(c(=O)[nH]c3=O)[C@@H]1O2. The molecule has 0 saturated carbocycles. The van der Waals surface area contributed by atoms with Crippen molar-refractivity contribution >= 4 is 7.82 Å². The summed E-state index contributed by atoms with van der Waals surface area (Å²) in [5.74, 6) is 0. The molecule has 3 rings (SSSR count). The molecule has 4 bridgehead atoms. The molecule has 3 N–H and O–H groups in total. The number of aliphatic hydroxyl groups is 1. The summed E-state index contributed by atoms with van der Waals surface area (Å²) in [7, 11) is -3.00. The molecule has 0 amide bonds. The number of hydrogen-bond acceptors (Lipinski definition) is 8. The van der Waals surface area contributed by atoms with Gasteiger partial charge in [-0.1, -0.05) is 0 Å². The number of aryl methyl sites for hydroxylation is 1. The van der Waals surface area contributed by atoms with Gasteiger partial charge in [-0.2, -0.15) is 0 Å². The van der Waals surface area contributed by atoms with E-state index < -0.39 is 50.2 Å². The fourth-order valence-electron chi connectivity index (χ4n) is 2.88. The highest BCUT2D eigenvalue weighted by molar-refractivity contribution is 7.47. The third kappa shape index (κ3) is 3.77. The van der Waals surface area contributed by atoms with Gasteiger partial charge in [-0.3, -0.25) is 23.4 Å². The standard InChI is InChI=1S/C13H19N2O9P/c1-21-10-9(16)8-6-23-25(19,20)22-4-2-3-7-5-15(12(10)24-8)13(18)14-11(7)17/h5,8-10,12,16H,2-4,6H2,1H3,(H,19,20)(H,14,17,18)/t8-,9-,10-,12-/m1/s1. The van der Waals surface area contributed by atoms with Crippen molar-refractivity contribution in [2.24, 2.45) is 0 Å². The van der Waals surface area contributed by atoms with E-state index in [2.05, 4.69) is 4.98 Å². The minimum atomic E-state index is -4.33. The molecule has 1 aromatic rings. The number of phosphoric acid groups is 1. The van der Waals surface area contributed by atoms with Gasteiger partial charge in [0.15, 0.2) is 6.23 Å². The molecule has 0 aromatic carbocycles. The third-order valence-corrected chi connectivity index (χ3v) is 5.13. The highest BCUT2D eigenvalue weighted by Crippen LogP contribution is 2.44. The molecule has 1 aromatic heterocycles. The number of nitrogens with zero attached hydrogens (tertiary/aromatic N) is 1. The van der Waals surface area contributed by atoms with Crippen molar-refractivity contribution in [3.05, 3.63) is 32.6 Å². The van der Waals surface area contributed by atoms with Crippen molar-refractivity contribution in [1.29, 1.82) is 0 Å². The average molecular weight is 378 g/mol. The normalized spacial score (nSPS) is 36.3. The monoisotopic (exact) mass is 378 g/mol. The van der Waals surface area contributed by atoms with Crippen molar-refractivity contribution in [3.8, 4) is 0 Å². The summed E-state index contributed by atoms with van der Waals surface area (Å²) in [6.45, 7) is -0.555. The van der Waals surface area contributed by atoms with Gasteiger partial charge in [0.1, 0.15) is 18.3 Å². The zero-order valence-corrected chi connectivity index (χ0v) is 14.3. The number of aromatic nitrogens is 2. The van der Waals surface area contributed by atoms with Crippen LogP contribution >= 0.6 is 7.82 Å². The minimum absolute atomic E-state index is 0.120. The lowest BCUT2D eigenvalue weighted by molar-refractivity contribution is -0.0625. The Bertz CT molecular complexity index is 790. The number of fused-ring (bicyclic) bond motifs is 5. The summed E-state index contributed by atoms with van der Waals surface area (Å²) >= 11 is 0. The number of aromatic amines is 1. The molecule has 12 heteroatoms. The van der Waals surface area contributed by atoms with Crippen molar-refractivity contribution in [2.75, 3.05) is 20.3 Å². The first-order valence-corrected chi connectivity index (χ1v) is 9.14. The number of aliphatic hydroxyl groups excluding tert-OH is 1. The number of hydrogen-bond donors (Lipinski definition) is 3. The number of rotatable bonds is 1. The minimum Gasteiger partial charge on any atom is -0.387 e. The smallest absolute Gasteiger partial charge is 0.387 e. The van der Waals surface area contributed by atoms with E-state index in [4.69, 9.17) is 18.5 Å². The number of methoxy groups -OCH3 is 1. The first-order valence-electron chi connectivity index (χ1n) is 7.65. The lowest BCUT2D eigenvalue weighted by Gasteiger charge is -2.21. The fraction of sp³-hybridized carbons (Fsp3) is 0.692. The van der Waals surface area contributed by atoms with Gasteiger partial charge in [-0.05, 0) is 12.8 Å². The average Bonchev–Trinajstić information content (AvgIpc) is 2.87. The van der Waals surface area contributed by atoms with Crippen LogP contribution in [0.15, 0.2) is 15.8 Å². The molecule has 1 fully saturated rings. The maximum Gasteiger partial charge on any atom is 0.472 e. The predicted molar refractivity (Wildman–Crippen MR) is 82.1 cm³/mol. The lowest BCUT2D eigenvalue weighted by Crippen LogP contribution is -2.40. The third-order valence-electron chi connectivity index (χ3n) is 4.15. The summed E-state index contributed by atoms with van der Waals surface area (Å²) in [5.41, 5.74) is -1.01. The number of H-pyrrole nitrogens is 1. The fourth-order valence-corrected chi connectivity index (χ4v) is 3.65. The van der Waals surface area contributed by atoms with Crippen LogP contribution in [0.25, 0.3) is 0 Å². The Morgan fingerprint density at radius 3 is 2.88 bits per heavy atom. The van der Waals surface area contributed by atoms with Gasteiger partial charge in [-0.25, -0.2) is 9.36 Å².